The maximum absolute atomic E-state index is 12.9. The van der Waals surface area contributed by atoms with Crippen molar-refractivity contribution in [3.8, 4) is 0 Å². The first kappa shape index (κ1) is 21.2. The summed E-state index contributed by atoms with van der Waals surface area (Å²) in [5, 5.41) is 0. The molecule has 0 unspecified atom stereocenters. The molecule has 0 saturated carbocycles. The Morgan fingerprint density at radius 1 is 1.00 bits per heavy atom. The van der Waals surface area contributed by atoms with Crippen LogP contribution in [0.5, 0.6) is 0 Å². The number of hydrogen-bond donors (Lipinski definition) is 1. The molecule has 2 aromatic carbocycles. The van der Waals surface area contributed by atoms with Crippen molar-refractivity contribution in [2.24, 2.45) is 5.73 Å². The number of para-hydroxylation sites is 1. The molecule has 0 fully saturated rings. The zero-order valence-electron chi connectivity index (χ0n) is 15.0. The Balaban J connectivity index is 0.00000312. The van der Waals surface area contributed by atoms with Crippen LogP contribution in [0, 0.1) is 0 Å². The average molecular weight is 362 g/mol. The molecule has 0 aromatic heterocycles. The minimum atomic E-state index is 0. The molecule has 0 spiro atoms. The van der Waals surface area contributed by atoms with Gasteiger partial charge < -0.3 is 10.6 Å². The van der Waals surface area contributed by atoms with Crippen LogP contribution in [0.25, 0.3) is 0 Å². The molecular weight excluding hydrogens is 334 g/mol. The summed E-state index contributed by atoms with van der Waals surface area (Å²) < 4.78 is 0. The first-order valence-corrected chi connectivity index (χ1v) is 8.45. The number of amides is 1. The Bertz CT molecular complexity index is 619. The molecule has 0 atom stereocenters. The molecule has 4 nitrogen and oxygen atoms in total. The predicted molar refractivity (Wildman–Crippen MR) is 107 cm³/mol. The molecule has 0 bridgehead atoms. The number of benzene rings is 2. The van der Waals surface area contributed by atoms with E-state index in [2.05, 4.69) is 17.0 Å². The van der Waals surface area contributed by atoms with Gasteiger partial charge in [-0.05, 0) is 31.5 Å². The van der Waals surface area contributed by atoms with Gasteiger partial charge in [-0.1, -0.05) is 48.5 Å². The number of halogens is 1. The van der Waals surface area contributed by atoms with Gasteiger partial charge >= 0.3 is 0 Å². The van der Waals surface area contributed by atoms with Crippen molar-refractivity contribution >= 4 is 24.0 Å². The second kappa shape index (κ2) is 10.9. The maximum atomic E-state index is 12.9. The van der Waals surface area contributed by atoms with Crippen molar-refractivity contribution in [1.82, 2.24) is 4.90 Å². The SMILES string of the molecule is CC(C)N(C(=O)CN(CCN)Cc1ccccc1)c1ccccc1.Cl. The Kier molecular flexibility index (Phi) is 9.21. The Morgan fingerprint density at radius 2 is 1.56 bits per heavy atom. The summed E-state index contributed by atoms with van der Waals surface area (Å²) in [6.45, 7) is 6.39. The number of carbonyl (C=O) groups excluding carboxylic acids is 1. The van der Waals surface area contributed by atoms with E-state index in [0.717, 1.165) is 12.2 Å². The summed E-state index contributed by atoms with van der Waals surface area (Å²) in [4.78, 5) is 16.9. The summed E-state index contributed by atoms with van der Waals surface area (Å²) in [6, 6.07) is 20.1. The highest BCUT2D eigenvalue weighted by Gasteiger charge is 2.21. The minimum absolute atomic E-state index is 0. The molecule has 2 aromatic rings. The lowest BCUT2D eigenvalue weighted by molar-refractivity contribution is -0.120. The van der Waals surface area contributed by atoms with E-state index in [1.165, 1.54) is 5.56 Å². The van der Waals surface area contributed by atoms with Crippen LogP contribution in [0.1, 0.15) is 19.4 Å². The molecule has 0 aliphatic carbocycles. The molecule has 2 N–H and O–H groups in total. The monoisotopic (exact) mass is 361 g/mol. The average Bonchev–Trinajstić information content (AvgIpc) is 2.56. The van der Waals surface area contributed by atoms with Gasteiger partial charge in [0.1, 0.15) is 0 Å². The highest BCUT2D eigenvalue weighted by Crippen LogP contribution is 2.17. The van der Waals surface area contributed by atoms with Gasteiger partial charge in [0, 0.05) is 31.4 Å². The summed E-state index contributed by atoms with van der Waals surface area (Å²) >= 11 is 0. The molecule has 5 heteroatoms. The molecule has 0 saturated heterocycles. The van der Waals surface area contributed by atoms with Crippen LogP contribution in [-0.2, 0) is 11.3 Å². The maximum Gasteiger partial charge on any atom is 0.241 e. The first-order chi connectivity index (χ1) is 11.6. The summed E-state index contributed by atoms with van der Waals surface area (Å²) in [6.07, 6.45) is 0. The molecule has 25 heavy (non-hydrogen) atoms. The fourth-order valence-corrected chi connectivity index (χ4v) is 2.82. The van der Waals surface area contributed by atoms with Crippen LogP contribution in [0.15, 0.2) is 60.7 Å². The molecule has 136 valence electrons. The van der Waals surface area contributed by atoms with E-state index in [9.17, 15) is 4.79 Å². The van der Waals surface area contributed by atoms with Gasteiger partial charge in [0.25, 0.3) is 0 Å². The van der Waals surface area contributed by atoms with Gasteiger partial charge in [-0.2, -0.15) is 0 Å². The molecule has 0 aliphatic rings. The molecule has 2 rings (SSSR count). The number of carbonyl (C=O) groups is 1. The number of anilines is 1. The Hall–Kier alpha value is -1.88. The Labute approximate surface area is 157 Å². The van der Waals surface area contributed by atoms with Crippen LogP contribution < -0.4 is 10.6 Å². The van der Waals surface area contributed by atoms with Crippen LogP contribution in [0.4, 0.5) is 5.69 Å². The van der Waals surface area contributed by atoms with Crippen LogP contribution in [0.3, 0.4) is 0 Å². The lowest BCUT2D eigenvalue weighted by Gasteiger charge is -2.30. The topological polar surface area (TPSA) is 49.6 Å². The lowest BCUT2D eigenvalue weighted by atomic mass is 10.2. The number of nitrogens with two attached hydrogens (primary N) is 1. The van der Waals surface area contributed by atoms with Crippen molar-refractivity contribution in [1.29, 1.82) is 0 Å². The quantitative estimate of drug-likeness (QED) is 0.784. The van der Waals surface area contributed by atoms with E-state index in [1.54, 1.807) is 0 Å². The van der Waals surface area contributed by atoms with Crippen molar-refractivity contribution < 1.29 is 4.79 Å². The van der Waals surface area contributed by atoms with Crippen molar-refractivity contribution in [3.05, 3.63) is 66.2 Å². The van der Waals surface area contributed by atoms with Crippen molar-refractivity contribution in [2.45, 2.75) is 26.4 Å². The van der Waals surface area contributed by atoms with E-state index in [4.69, 9.17) is 5.73 Å². The molecular formula is C20H28ClN3O. The Morgan fingerprint density at radius 3 is 2.08 bits per heavy atom. The standard InChI is InChI=1S/C20H27N3O.ClH/c1-17(2)23(19-11-7-4-8-12-19)20(24)16-22(14-13-21)15-18-9-5-3-6-10-18;/h3-12,17H,13-16,21H2,1-2H3;1H. The van der Waals surface area contributed by atoms with Crippen LogP contribution >= 0.6 is 12.4 Å². The number of rotatable bonds is 8. The predicted octanol–water partition coefficient (Wildman–Crippen LogP) is 3.31. The summed E-state index contributed by atoms with van der Waals surface area (Å²) in [5.74, 6) is 0.0978. The third kappa shape index (κ3) is 6.50. The van der Waals surface area contributed by atoms with Crippen LogP contribution in [0.2, 0.25) is 0 Å². The van der Waals surface area contributed by atoms with E-state index in [-0.39, 0.29) is 24.4 Å². The van der Waals surface area contributed by atoms with Gasteiger partial charge in [0.05, 0.1) is 6.54 Å². The fraction of sp³-hybridized carbons (Fsp3) is 0.350. The number of hydrogen-bond acceptors (Lipinski definition) is 3. The smallest absolute Gasteiger partial charge is 0.241 e. The normalized spacial score (nSPS) is 10.6. The van der Waals surface area contributed by atoms with Gasteiger partial charge in [0.2, 0.25) is 5.91 Å². The summed E-state index contributed by atoms with van der Waals surface area (Å²) in [5.41, 5.74) is 7.86. The van der Waals surface area contributed by atoms with Gasteiger partial charge in [-0.25, -0.2) is 0 Å². The zero-order valence-corrected chi connectivity index (χ0v) is 15.8. The van der Waals surface area contributed by atoms with Gasteiger partial charge in [-0.3, -0.25) is 9.69 Å². The highest BCUT2D eigenvalue weighted by atomic mass is 35.5. The summed E-state index contributed by atoms with van der Waals surface area (Å²) in [7, 11) is 0. The van der Waals surface area contributed by atoms with E-state index in [1.807, 2.05) is 67.3 Å². The second-order valence-corrected chi connectivity index (χ2v) is 6.18. The fourth-order valence-electron chi connectivity index (χ4n) is 2.82. The third-order valence-corrected chi connectivity index (χ3v) is 3.87. The van der Waals surface area contributed by atoms with E-state index in [0.29, 0.717) is 19.6 Å². The van der Waals surface area contributed by atoms with Crippen molar-refractivity contribution in [3.63, 3.8) is 0 Å². The van der Waals surface area contributed by atoms with Gasteiger partial charge in [0.15, 0.2) is 0 Å². The van der Waals surface area contributed by atoms with Crippen molar-refractivity contribution in [2.75, 3.05) is 24.5 Å². The highest BCUT2D eigenvalue weighted by molar-refractivity contribution is 5.95. The molecule has 1 amide bonds. The zero-order chi connectivity index (χ0) is 17.4. The minimum Gasteiger partial charge on any atom is -0.329 e. The van der Waals surface area contributed by atoms with Gasteiger partial charge in [-0.15, -0.1) is 12.4 Å². The van der Waals surface area contributed by atoms with E-state index < -0.39 is 0 Å². The number of nitrogens with zero attached hydrogens (tertiary/aromatic N) is 2. The lowest BCUT2D eigenvalue weighted by Crippen LogP contribution is -2.44. The molecule has 0 heterocycles. The third-order valence-electron chi connectivity index (χ3n) is 3.87. The molecule has 0 aliphatic heterocycles. The second-order valence-electron chi connectivity index (χ2n) is 6.18. The van der Waals surface area contributed by atoms with E-state index >= 15 is 0 Å². The largest absolute Gasteiger partial charge is 0.329 e. The molecule has 0 radical (unpaired) electrons. The first-order valence-electron chi connectivity index (χ1n) is 8.45. The van der Waals surface area contributed by atoms with Crippen LogP contribution in [-0.4, -0.2) is 36.5 Å².